The number of aromatic amines is 1. The van der Waals surface area contributed by atoms with Crippen LogP contribution in [0.5, 0.6) is 0 Å². The Morgan fingerprint density at radius 3 is 2.74 bits per heavy atom. The summed E-state index contributed by atoms with van der Waals surface area (Å²) in [6, 6.07) is 8.27. The van der Waals surface area contributed by atoms with Crippen molar-refractivity contribution < 1.29 is 9.90 Å². The molecule has 0 aliphatic heterocycles. The van der Waals surface area contributed by atoms with Crippen LogP contribution in [0, 0.1) is 18.3 Å². The van der Waals surface area contributed by atoms with Gasteiger partial charge in [-0.15, -0.1) is 0 Å². The summed E-state index contributed by atoms with van der Waals surface area (Å²) >= 11 is 0. The largest absolute Gasteiger partial charge is 0.481 e. The quantitative estimate of drug-likeness (QED) is 0.881. The molecule has 1 heterocycles. The molecule has 2 unspecified atom stereocenters. The van der Waals surface area contributed by atoms with Crippen molar-refractivity contribution in [3.8, 4) is 0 Å². The summed E-state index contributed by atoms with van der Waals surface area (Å²) in [5.41, 5.74) is 3.71. The van der Waals surface area contributed by atoms with Crippen molar-refractivity contribution in [2.75, 3.05) is 0 Å². The van der Waals surface area contributed by atoms with Crippen LogP contribution in [0.3, 0.4) is 0 Å². The highest BCUT2D eigenvalue weighted by molar-refractivity contribution is 5.86. The van der Waals surface area contributed by atoms with E-state index in [1.54, 1.807) is 0 Å². The second-order valence-electron chi connectivity index (χ2n) is 6.21. The maximum Gasteiger partial charge on any atom is 0.303 e. The first kappa shape index (κ1) is 12.3. The lowest BCUT2D eigenvalue weighted by Gasteiger charge is -2.03. The van der Waals surface area contributed by atoms with Crippen LogP contribution < -0.4 is 0 Å². The molecule has 3 heteroatoms. The summed E-state index contributed by atoms with van der Waals surface area (Å²) in [7, 11) is 0. The van der Waals surface area contributed by atoms with E-state index in [4.69, 9.17) is 5.11 Å². The molecule has 0 bridgehead atoms. The van der Waals surface area contributed by atoms with Crippen LogP contribution in [0.4, 0.5) is 0 Å². The zero-order valence-electron chi connectivity index (χ0n) is 11.5. The zero-order valence-corrected chi connectivity index (χ0v) is 11.5. The molecule has 2 N–H and O–H groups in total. The fourth-order valence-corrected chi connectivity index (χ4v) is 3.59. The van der Waals surface area contributed by atoms with Crippen molar-refractivity contribution in [1.82, 2.24) is 4.98 Å². The average molecular weight is 257 g/mol. The van der Waals surface area contributed by atoms with Crippen LogP contribution in [0.1, 0.15) is 37.4 Å². The van der Waals surface area contributed by atoms with Crippen molar-refractivity contribution in [1.29, 1.82) is 0 Å². The van der Waals surface area contributed by atoms with Gasteiger partial charge in [0.05, 0.1) is 0 Å². The molecule has 1 aromatic heterocycles. The lowest BCUT2D eigenvalue weighted by Crippen LogP contribution is -1.99. The smallest absolute Gasteiger partial charge is 0.303 e. The van der Waals surface area contributed by atoms with Crippen LogP contribution in [0.25, 0.3) is 10.9 Å². The molecule has 2 atom stereocenters. The van der Waals surface area contributed by atoms with E-state index in [0.717, 1.165) is 5.52 Å². The number of para-hydroxylation sites is 1. The SMILES string of the molecule is Cc1[nH]c2ccccc2c1C1C(CC(=O)O)C1(C)C. The summed E-state index contributed by atoms with van der Waals surface area (Å²) in [6.07, 6.45) is 0.261. The predicted molar refractivity (Wildman–Crippen MR) is 75.3 cm³/mol. The highest BCUT2D eigenvalue weighted by atomic mass is 16.4. The number of hydrogen-bond donors (Lipinski definition) is 2. The summed E-state index contributed by atoms with van der Waals surface area (Å²) in [6.45, 7) is 6.43. The van der Waals surface area contributed by atoms with E-state index in [0.29, 0.717) is 5.92 Å². The number of carboxylic acids is 1. The van der Waals surface area contributed by atoms with Gasteiger partial charge in [-0.1, -0.05) is 32.0 Å². The van der Waals surface area contributed by atoms with Gasteiger partial charge < -0.3 is 10.1 Å². The van der Waals surface area contributed by atoms with Gasteiger partial charge in [0.1, 0.15) is 0 Å². The van der Waals surface area contributed by atoms with E-state index in [1.807, 2.05) is 12.1 Å². The Morgan fingerprint density at radius 2 is 2.05 bits per heavy atom. The molecule has 0 radical (unpaired) electrons. The van der Waals surface area contributed by atoms with Gasteiger partial charge in [0.15, 0.2) is 0 Å². The number of H-pyrrole nitrogens is 1. The second kappa shape index (κ2) is 3.86. The number of carbonyl (C=O) groups is 1. The van der Waals surface area contributed by atoms with E-state index < -0.39 is 5.97 Å². The number of aliphatic carboxylic acids is 1. The molecule has 100 valence electrons. The lowest BCUT2D eigenvalue weighted by atomic mass is 10.0. The minimum Gasteiger partial charge on any atom is -0.481 e. The number of benzene rings is 1. The molecule has 0 spiro atoms. The maximum absolute atomic E-state index is 11.0. The molecule has 1 aliphatic carbocycles. The fraction of sp³-hybridized carbons (Fsp3) is 0.438. The third-order valence-corrected chi connectivity index (χ3v) is 4.70. The molecular weight excluding hydrogens is 238 g/mol. The van der Waals surface area contributed by atoms with Gasteiger partial charge in [-0.05, 0) is 35.8 Å². The molecule has 19 heavy (non-hydrogen) atoms. The standard InChI is InChI=1S/C16H19NO2/c1-9-14(10-6-4-5-7-12(10)17-9)15-11(8-13(18)19)16(15,2)3/h4-7,11,15,17H,8H2,1-3H3,(H,18,19). The Kier molecular flexibility index (Phi) is 2.49. The van der Waals surface area contributed by atoms with Crippen molar-refractivity contribution >= 4 is 16.9 Å². The third-order valence-electron chi connectivity index (χ3n) is 4.70. The molecule has 1 fully saturated rings. The highest BCUT2D eigenvalue weighted by Gasteiger charge is 2.59. The number of carboxylic acid groups (broad SMARTS) is 1. The predicted octanol–water partition coefficient (Wildman–Crippen LogP) is 3.69. The first-order valence-corrected chi connectivity index (χ1v) is 6.72. The van der Waals surface area contributed by atoms with Crippen molar-refractivity contribution in [2.45, 2.75) is 33.1 Å². The molecule has 2 aromatic rings. The van der Waals surface area contributed by atoms with Crippen LogP contribution in [-0.4, -0.2) is 16.1 Å². The molecule has 0 amide bonds. The molecule has 1 aromatic carbocycles. The number of nitrogens with one attached hydrogen (secondary N) is 1. The van der Waals surface area contributed by atoms with Crippen LogP contribution in [0.2, 0.25) is 0 Å². The fourth-order valence-electron chi connectivity index (χ4n) is 3.59. The van der Waals surface area contributed by atoms with Gasteiger partial charge in [0.2, 0.25) is 0 Å². The van der Waals surface area contributed by atoms with E-state index in [2.05, 4.69) is 37.9 Å². The monoisotopic (exact) mass is 257 g/mol. The first-order chi connectivity index (χ1) is 8.93. The van der Waals surface area contributed by atoms with Crippen molar-refractivity contribution in [3.63, 3.8) is 0 Å². The van der Waals surface area contributed by atoms with E-state index >= 15 is 0 Å². The zero-order chi connectivity index (χ0) is 13.8. The molecular formula is C16H19NO2. The maximum atomic E-state index is 11.0. The third kappa shape index (κ3) is 1.76. The van der Waals surface area contributed by atoms with Crippen molar-refractivity contribution in [3.05, 3.63) is 35.5 Å². The van der Waals surface area contributed by atoms with Gasteiger partial charge >= 0.3 is 5.97 Å². The molecule has 3 nitrogen and oxygen atoms in total. The number of aromatic nitrogens is 1. The van der Waals surface area contributed by atoms with Crippen LogP contribution in [-0.2, 0) is 4.79 Å². The normalized spacial score (nSPS) is 24.6. The summed E-state index contributed by atoms with van der Waals surface area (Å²) in [4.78, 5) is 14.4. The highest BCUT2D eigenvalue weighted by Crippen LogP contribution is 2.67. The van der Waals surface area contributed by atoms with E-state index in [1.165, 1.54) is 16.6 Å². The Balaban J connectivity index is 2.06. The Hall–Kier alpha value is -1.77. The van der Waals surface area contributed by atoms with Crippen molar-refractivity contribution in [2.24, 2.45) is 11.3 Å². The van der Waals surface area contributed by atoms with Gasteiger partial charge in [0, 0.05) is 23.0 Å². The Labute approximate surface area is 112 Å². The van der Waals surface area contributed by atoms with Crippen LogP contribution >= 0.6 is 0 Å². The molecule has 1 aliphatic rings. The van der Waals surface area contributed by atoms with Gasteiger partial charge in [-0.25, -0.2) is 0 Å². The van der Waals surface area contributed by atoms with Gasteiger partial charge in [-0.2, -0.15) is 0 Å². The van der Waals surface area contributed by atoms with E-state index in [-0.39, 0.29) is 17.8 Å². The summed E-state index contributed by atoms with van der Waals surface area (Å²) < 4.78 is 0. The molecule has 1 saturated carbocycles. The van der Waals surface area contributed by atoms with Gasteiger partial charge in [-0.3, -0.25) is 4.79 Å². The minimum atomic E-state index is -0.696. The Morgan fingerprint density at radius 1 is 1.37 bits per heavy atom. The average Bonchev–Trinajstić information content (AvgIpc) is 2.69. The summed E-state index contributed by atoms with van der Waals surface area (Å²) in [5.74, 6) is -0.110. The summed E-state index contributed by atoms with van der Waals surface area (Å²) in [5, 5.41) is 10.3. The number of rotatable bonds is 3. The second-order valence-corrected chi connectivity index (χ2v) is 6.21. The van der Waals surface area contributed by atoms with Crippen LogP contribution in [0.15, 0.2) is 24.3 Å². The minimum absolute atomic E-state index is 0.0775. The number of hydrogen-bond acceptors (Lipinski definition) is 1. The topological polar surface area (TPSA) is 53.1 Å². The Bertz CT molecular complexity index is 654. The molecule has 0 saturated heterocycles. The lowest BCUT2D eigenvalue weighted by molar-refractivity contribution is -0.137. The number of aryl methyl sites for hydroxylation is 1. The molecule has 3 rings (SSSR count). The first-order valence-electron chi connectivity index (χ1n) is 6.72. The number of fused-ring (bicyclic) bond motifs is 1. The van der Waals surface area contributed by atoms with E-state index in [9.17, 15) is 4.79 Å². The van der Waals surface area contributed by atoms with Gasteiger partial charge in [0.25, 0.3) is 0 Å².